The zero-order chi connectivity index (χ0) is 23.8. The van der Waals surface area contributed by atoms with Crippen molar-refractivity contribution in [3.8, 4) is 5.88 Å². The molecule has 5 rings (SSSR count). The summed E-state index contributed by atoms with van der Waals surface area (Å²) in [4.78, 5) is 43.8. The van der Waals surface area contributed by atoms with Crippen LogP contribution in [0.3, 0.4) is 0 Å². The van der Waals surface area contributed by atoms with Gasteiger partial charge in [0.1, 0.15) is 5.69 Å². The Morgan fingerprint density at radius 2 is 2.15 bits per heavy atom. The highest BCUT2D eigenvalue weighted by Gasteiger charge is 2.21. The number of rotatable bonds is 6. The maximum atomic E-state index is 12.3. The van der Waals surface area contributed by atoms with Crippen LogP contribution >= 0.6 is 0 Å². The third-order valence-corrected chi connectivity index (χ3v) is 5.29. The third-order valence-electron chi connectivity index (χ3n) is 5.29. The highest BCUT2D eigenvalue weighted by Crippen LogP contribution is 2.22. The summed E-state index contributed by atoms with van der Waals surface area (Å²) < 4.78 is 1.54. The Morgan fingerprint density at radius 1 is 1.32 bits per heavy atom. The molecule has 4 N–H and O–H groups in total. The Morgan fingerprint density at radius 3 is 2.85 bits per heavy atom. The summed E-state index contributed by atoms with van der Waals surface area (Å²) in [6.45, 7) is 0.396. The summed E-state index contributed by atoms with van der Waals surface area (Å²) in [6, 6.07) is 7.56. The number of carbonyl (C=O) groups is 1. The fraction of sp³-hybridized carbons (Fsp3) is 0.273. The molecular weight excluding hydrogens is 438 g/mol. The van der Waals surface area contributed by atoms with E-state index in [0.29, 0.717) is 34.5 Å². The van der Waals surface area contributed by atoms with E-state index in [4.69, 9.17) is 0 Å². The van der Waals surface area contributed by atoms with E-state index in [2.05, 4.69) is 35.3 Å². The molecule has 0 aliphatic heterocycles. The van der Waals surface area contributed by atoms with Gasteiger partial charge in [-0.05, 0) is 36.6 Å². The van der Waals surface area contributed by atoms with Gasteiger partial charge in [0, 0.05) is 31.4 Å². The fourth-order valence-electron chi connectivity index (χ4n) is 3.41. The zero-order valence-electron chi connectivity index (χ0n) is 18.6. The molecule has 0 bridgehead atoms. The fourth-order valence-corrected chi connectivity index (χ4v) is 3.41. The van der Waals surface area contributed by atoms with Crippen LogP contribution < -0.4 is 21.8 Å². The number of imidazole rings is 1. The molecule has 0 atom stereocenters. The van der Waals surface area contributed by atoms with E-state index < -0.39 is 5.69 Å². The summed E-state index contributed by atoms with van der Waals surface area (Å²) in [5, 5.41) is 18.0. The maximum Gasteiger partial charge on any atom is 0.326 e. The second-order valence-electron chi connectivity index (χ2n) is 8.28. The van der Waals surface area contributed by atoms with Gasteiger partial charge in [0.05, 0.1) is 12.2 Å². The number of aromatic amines is 2. The van der Waals surface area contributed by atoms with Crippen LogP contribution in [0.5, 0.6) is 5.88 Å². The molecule has 1 aliphatic rings. The molecule has 0 unspecified atom stereocenters. The minimum absolute atomic E-state index is 0.0736. The van der Waals surface area contributed by atoms with E-state index in [0.717, 1.165) is 18.4 Å². The summed E-state index contributed by atoms with van der Waals surface area (Å²) >= 11 is 0. The number of amides is 1. The molecule has 3 heterocycles. The van der Waals surface area contributed by atoms with Gasteiger partial charge < -0.3 is 20.3 Å². The van der Waals surface area contributed by atoms with Crippen LogP contribution in [0, 0.1) is 0 Å². The number of hydrogen-bond acceptors (Lipinski definition) is 8. The van der Waals surface area contributed by atoms with Crippen LogP contribution in [0.1, 0.15) is 34.5 Å². The summed E-state index contributed by atoms with van der Waals surface area (Å²) in [5.41, 5.74) is 2.07. The zero-order valence-corrected chi connectivity index (χ0v) is 18.6. The lowest BCUT2D eigenvalue weighted by molar-refractivity contribution is 0.0827. The lowest BCUT2D eigenvalue weighted by atomic mass is 10.1. The molecule has 1 fully saturated rings. The molecule has 0 radical (unpaired) electrons. The average Bonchev–Trinajstić information content (AvgIpc) is 3.45. The standard InChI is InChI=1S/C22H23N9O3/c1-30(2)19(33)13-5-3-4-12(8-13)10-23-20-27-17-14(9-16-18(32)28-22(34)26-16)11-24-31(17)21(29-20)25-15-6-7-15/h3-5,8-9,11,15,32H,6-7,10H2,1-2H3,(H,23,25,29)(H2,26,28,34). The van der Waals surface area contributed by atoms with Crippen molar-refractivity contribution < 1.29 is 9.90 Å². The molecule has 0 spiro atoms. The van der Waals surface area contributed by atoms with Gasteiger partial charge in [0.15, 0.2) is 5.65 Å². The first-order chi connectivity index (χ1) is 16.4. The number of benzene rings is 1. The van der Waals surface area contributed by atoms with Crippen molar-refractivity contribution in [2.45, 2.75) is 25.4 Å². The molecule has 1 amide bonds. The topological polar surface area (TPSA) is 157 Å². The van der Waals surface area contributed by atoms with Crippen LogP contribution in [0.15, 0.2) is 40.2 Å². The molecule has 174 valence electrons. The van der Waals surface area contributed by atoms with Crippen molar-refractivity contribution in [1.82, 2.24) is 34.4 Å². The minimum atomic E-state index is -0.517. The number of anilines is 1. The monoisotopic (exact) mass is 461 g/mol. The van der Waals surface area contributed by atoms with Crippen LogP contribution in [0.2, 0.25) is 0 Å². The first-order valence-corrected chi connectivity index (χ1v) is 10.7. The maximum absolute atomic E-state index is 12.3. The van der Waals surface area contributed by atoms with Crippen LogP contribution in [0.4, 0.5) is 5.95 Å². The normalized spacial score (nSPS) is 14.6. The number of aromatic hydroxyl groups is 1. The van der Waals surface area contributed by atoms with Crippen molar-refractivity contribution in [2.75, 3.05) is 19.4 Å². The molecule has 1 aliphatic carbocycles. The molecule has 34 heavy (non-hydrogen) atoms. The molecule has 0 saturated heterocycles. The molecule has 3 aromatic heterocycles. The Kier molecular flexibility index (Phi) is 5.32. The number of hydrogen-bond donors (Lipinski definition) is 4. The van der Waals surface area contributed by atoms with E-state index in [9.17, 15) is 14.7 Å². The Bertz CT molecular complexity index is 1560. The van der Waals surface area contributed by atoms with Gasteiger partial charge in [-0.15, -0.1) is 0 Å². The predicted molar refractivity (Wildman–Crippen MR) is 123 cm³/mol. The number of nitrogens with one attached hydrogen (secondary N) is 3. The second kappa shape index (κ2) is 8.46. The predicted octanol–water partition coefficient (Wildman–Crippen LogP) is -0.229. The second-order valence-corrected chi connectivity index (χ2v) is 8.28. The molecule has 12 nitrogen and oxygen atoms in total. The number of fused-ring (bicyclic) bond motifs is 1. The molecule has 1 aromatic carbocycles. The SMILES string of the molecule is CN(C)C(=O)c1cccc(CNc2nc(=NC3CC3)n3ncc(=Cc4[nH]c(=O)[nH]c4O)c3n2)c1. The molecule has 1 saturated carbocycles. The number of aromatic nitrogens is 6. The third kappa shape index (κ3) is 4.37. The van der Waals surface area contributed by atoms with Gasteiger partial charge in [0.2, 0.25) is 11.8 Å². The quantitative estimate of drug-likeness (QED) is 0.309. The Hall–Kier alpha value is -4.48. The lowest BCUT2D eigenvalue weighted by Crippen LogP contribution is -2.25. The molecule has 12 heteroatoms. The van der Waals surface area contributed by atoms with Gasteiger partial charge in [-0.2, -0.15) is 19.6 Å². The van der Waals surface area contributed by atoms with Crippen molar-refractivity contribution in [3.63, 3.8) is 0 Å². The van der Waals surface area contributed by atoms with Crippen molar-refractivity contribution >= 4 is 23.6 Å². The van der Waals surface area contributed by atoms with Gasteiger partial charge in [-0.25, -0.2) is 9.79 Å². The van der Waals surface area contributed by atoms with Crippen LogP contribution in [-0.4, -0.2) is 65.6 Å². The van der Waals surface area contributed by atoms with Gasteiger partial charge >= 0.3 is 5.69 Å². The van der Waals surface area contributed by atoms with Crippen LogP contribution in [-0.2, 0) is 6.54 Å². The minimum Gasteiger partial charge on any atom is -0.493 e. The highest BCUT2D eigenvalue weighted by molar-refractivity contribution is 5.94. The van der Waals surface area contributed by atoms with Gasteiger partial charge in [0.25, 0.3) is 11.5 Å². The van der Waals surface area contributed by atoms with Crippen molar-refractivity contribution in [1.29, 1.82) is 0 Å². The molecule has 4 aromatic rings. The van der Waals surface area contributed by atoms with Gasteiger partial charge in [-0.1, -0.05) is 12.1 Å². The average molecular weight is 461 g/mol. The summed E-state index contributed by atoms with van der Waals surface area (Å²) in [5.74, 6) is 0.000464. The summed E-state index contributed by atoms with van der Waals surface area (Å²) in [7, 11) is 3.43. The summed E-state index contributed by atoms with van der Waals surface area (Å²) in [6.07, 6.45) is 5.14. The number of nitrogens with zero attached hydrogens (tertiary/aromatic N) is 6. The first kappa shape index (κ1) is 21.4. The Balaban J connectivity index is 1.52. The van der Waals surface area contributed by atoms with E-state index in [-0.39, 0.29) is 23.5 Å². The van der Waals surface area contributed by atoms with Crippen molar-refractivity contribution in [2.24, 2.45) is 4.99 Å². The number of carbonyl (C=O) groups excluding carboxylic acids is 1. The van der Waals surface area contributed by atoms with Crippen LogP contribution in [0.25, 0.3) is 11.7 Å². The van der Waals surface area contributed by atoms with Crippen molar-refractivity contribution in [3.05, 3.63) is 68.6 Å². The largest absolute Gasteiger partial charge is 0.493 e. The van der Waals surface area contributed by atoms with E-state index >= 15 is 0 Å². The Labute approximate surface area is 192 Å². The lowest BCUT2D eigenvalue weighted by Gasteiger charge is -2.11. The molecular formula is C22H23N9O3. The van der Waals surface area contributed by atoms with E-state index in [1.165, 1.54) is 9.42 Å². The highest BCUT2D eigenvalue weighted by atomic mass is 16.3. The van der Waals surface area contributed by atoms with Gasteiger partial charge in [-0.3, -0.25) is 9.78 Å². The van der Waals surface area contributed by atoms with E-state index in [1.54, 1.807) is 32.4 Å². The smallest absolute Gasteiger partial charge is 0.326 e. The number of H-pyrrole nitrogens is 2. The van der Waals surface area contributed by atoms with E-state index in [1.807, 2.05) is 18.2 Å². The first-order valence-electron chi connectivity index (χ1n) is 10.7.